The number of hydrogen-bond donors (Lipinski definition) is 1. The number of nitrogens with one attached hydrogen (secondary N) is 1. The van der Waals surface area contributed by atoms with Crippen LogP contribution in [0.2, 0.25) is 0 Å². The first-order chi connectivity index (χ1) is 9.63. The van der Waals surface area contributed by atoms with E-state index in [1.165, 1.54) is 5.56 Å². The number of rotatable bonds is 3. The van der Waals surface area contributed by atoms with Crippen LogP contribution in [-0.2, 0) is 0 Å². The SMILES string of the molecule is CC(C)c1ccc(Oc2ccnc3[nH]c(=O)oc23)cc1. The molecule has 0 fully saturated rings. The van der Waals surface area contributed by atoms with Gasteiger partial charge in [-0.2, -0.15) is 0 Å². The van der Waals surface area contributed by atoms with Gasteiger partial charge in [-0.1, -0.05) is 26.0 Å². The molecule has 0 aliphatic heterocycles. The van der Waals surface area contributed by atoms with Gasteiger partial charge in [0.1, 0.15) is 5.75 Å². The average Bonchev–Trinajstić information content (AvgIpc) is 2.81. The van der Waals surface area contributed by atoms with Gasteiger partial charge in [-0.25, -0.2) is 9.78 Å². The van der Waals surface area contributed by atoms with Gasteiger partial charge in [0.25, 0.3) is 0 Å². The zero-order valence-electron chi connectivity index (χ0n) is 11.2. The predicted molar refractivity (Wildman–Crippen MR) is 75.2 cm³/mol. The summed E-state index contributed by atoms with van der Waals surface area (Å²) in [7, 11) is 0. The number of aromatic nitrogens is 2. The van der Waals surface area contributed by atoms with E-state index < -0.39 is 5.76 Å². The third-order valence-corrected chi connectivity index (χ3v) is 3.06. The summed E-state index contributed by atoms with van der Waals surface area (Å²) in [6.07, 6.45) is 1.56. The Labute approximate surface area is 115 Å². The molecule has 0 saturated carbocycles. The summed E-state index contributed by atoms with van der Waals surface area (Å²) in [5.74, 6) is 1.08. The first kappa shape index (κ1) is 12.5. The fraction of sp³-hybridized carbons (Fsp3) is 0.200. The number of hydrogen-bond acceptors (Lipinski definition) is 4. The van der Waals surface area contributed by atoms with Crippen LogP contribution in [0.4, 0.5) is 0 Å². The van der Waals surface area contributed by atoms with Crippen LogP contribution in [0.25, 0.3) is 11.2 Å². The first-order valence-corrected chi connectivity index (χ1v) is 6.39. The van der Waals surface area contributed by atoms with E-state index in [9.17, 15) is 4.79 Å². The van der Waals surface area contributed by atoms with Crippen LogP contribution in [0, 0.1) is 0 Å². The average molecular weight is 270 g/mol. The Kier molecular flexibility index (Phi) is 3.02. The molecule has 3 aromatic rings. The van der Waals surface area contributed by atoms with Crippen molar-refractivity contribution in [2.24, 2.45) is 0 Å². The summed E-state index contributed by atoms with van der Waals surface area (Å²) < 4.78 is 10.8. The molecule has 0 aliphatic carbocycles. The van der Waals surface area contributed by atoms with E-state index in [0.717, 1.165) is 0 Å². The summed E-state index contributed by atoms with van der Waals surface area (Å²) in [6.45, 7) is 4.27. The highest BCUT2D eigenvalue weighted by atomic mass is 16.5. The zero-order chi connectivity index (χ0) is 14.1. The van der Waals surface area contributed by atoms with Gasteiger partial charge in [-0.05, 0) is 23.6 Å². The number of aromatic amines is 1. The van der Waals surface area contributed by atoms with Crippen LogP contribution in [0.1, 0.15) is 25.3 Å². The molecular formula is C15H14N2O3. The second-order valence-electron chi connectivity index (χ2n) is 4.83. The number of ether oxygens (including phenoxy) is 1. The molecule has 0 bridgehead atoms. The Balaban J connectivity index is 1.94. The van der Waals surface area contributed by atoms with Crippen LogP contribution in [0.5, 0.6) is 11.5 Å². The maximum Gasteiger partial charge on any atom is 0.418 e. The maximum absolute atomic E-state index is 11.2. The fourth-order valence-corrected chi connectivity index (χ4v) is 1.96. The van der Waals surface area contributed by atoms with Gasteiger partial charge in [-0.3, -0.25) is 4.98 Å². The maximum atomic E-state index is 11.2. The molecule has 102 valence electrons. The highest BCUT2D eigenvalue weighted by Gasteiger charge is 2.10. The Morgan fingerprint density at radius 2 is 1.95 bits per heavy atom. The molecule has 20 heavy (non-hydrogen) atoms. The minimum absolute atomic E-state index is 0.324. The van der Waals surface area contributed by atoms with Crippen molar-refractivity contribution in [1.82, 2.24) is 9.97 Å². The van der Waals surface area contributed by atoms with Gasteiger partial charge in [0.2, 0.25) is 5.58 Å². The van der Waals surface area contributed by atoms with Crippen LogP contribution < -0.4 is 10.5 Å². The van der Waals surface area contributed by atoms with Crippen molar-refractivity contribution < 1.29 is 9.15 Å². The van der Waals surface area contributed by atoms with Crippen LogP contribution in [0.3, 0.4) is 0 Å². The second-order valence-corrected chi connectivity index (χ2v) is 4.83. The largest absolute Gasteiger partial charge is 0.453 e. The second kappa shape index (κ2) is 4.85. The molecular weight excluding hydrogens is 256 g/mol. The van der Waals surface area contributed by atoms with E-state index in [1.54, 1.807) is 12.3 Å². The molecule has 2 aromatic heterocycles. The predicted octanol–water partition coefficient (Wildman–Crippen LogP) is 3.43. The van der Waals surface area contributed by atoms with Crippen molar-refractivity contribution in [3.63, 3.8) is 0 Å². The van der Waals surface area contributed by atoms with Gasteiger partial charge >= 0.3 is 5.76 Å². The van der Waals surface area contributed by atoms with Crippen molar-refractivity contribution in [2.45, 2.75) is 19.8 Å². The zero-order valence-corrected chi connectivity index (χ0v) is 11.2. The summed E-state index contributed by atoms with van der Waals surface area (Å²) in [5.41, 5.74) is 1.95. The smallest absolute Gasteiger partial charge is 0.418 e. The van der Waals surface area contributed by atoms with E-state index >= 15 is 0 Å². The molecule has 2 heterocycles. The van der Waals surface area contributed by atoms with Gasteiger partial charge in [0.15, 0.2) is 11.4 Å². The Bertz CT molecular complexity index is 785. The molecule has 1 N–H and O–H groups in total. The topological polar surface area (TPSA) is 68.1 Å². The van der Waals surface area contributed by atoms with Crippen molar-refractivity contribution >= 4 is 11.2 Å². The Hall–Kier alpha value is -2.56. The van der Waals surface area contributed by atoms with Gasteiger partial charge < -0.3 is 9.15 Å². The highest BCUT2D eigenvalue weighted by molar-refractivity contribution is 5.75. The summed E-state index contributed by atoms with van der Waals surface area (Å²) in [5, 5.41) is 0. The van der Waals surface area contributed by atoms with E-state index in [1.807, 2.05) is 24.3 Å². The van der Waals surface area contributed by atoms with E-state index in [-0.39, 0.29) is 0 Å². The lowest BCUT2D eigenvalue weighted by Gasteiger charge is -2.08. The molecule has 0 saturated heterocycles. The molecule has 0 spiro atoms. The molecule has 1 aromatic carbocycles. The van der Waals surface area contributed by atoms with Crippen LogP contribution >= 0.6 is 0 Å². The third-order valence-electron chi connectivity index (χ3n) is 3.06. The van der Waals surface area contributed by atoms with Gasteiger partial charge in [-0.15, -0.1) is 0 Å². The highest BCUT2D eigenvalue weighted by Crippen LogP contribution is 2.28. The molecule has 5 nitrogen and oxygen atoms in total. The standard InChI is InChI=1S/C15H14N2O3/c1-9(2)10-3-5-11(6-4-10)19-12-7-8-16-14-13(12)20-15(18)17-14/h3-9H,1-2H3,(H,16,17,18). The molecule has 3 rings (SSSR count). The monoisotopic (exact) mass is 270 g/mol. The van der Waals surface area contributed by atoms with E-state index in [4.69, 9.17) is 9.15 Å². The molecule has 0 radical (unpaired) electrons. The van der Waals surface area contributed by atoms with Crippen molar-refractivity contribution in [3.05, 3.63) is 52.6 Å². The first-order valence-electron chi connectivity index (χ1n) is 6.39. The minimum Gasteiger partial charge on any atom is -0.453 e. The van der Waals surface area contributed by atoms with Gasteiger partial charge in [0, 0.05) is 12.3 Å². The molecule has 0 aliphatic rings. The Morgan fingerprint density at radius 3 is 2.65 bits per heavy atom. The lowest BCUT2D eigenvalue weighted by atomic mass is 10.0. The number of oxazole rings is 1. The lowest BCUT2D eigenvalue weighted by Crippen LogP contribution is -1.93. The number of fused-ring (bicyclic) bond motifs is 1. The molecule has 0 amide bonds. The molecule has 0 atom stereocenters. The summed E-state index contributed by atoms with van der Waals surface area (Å²) in [4.78, 5) is 17.7. The molecule has 0 unspecified atom stereocenters. The summed E-state index contributed by atoms with van der Waals surface area (Å²) in [6, 6.07) is 9.49. The van der Waals surface area contributed by atoms with Crippen LogP contribution in [-0.4, -0.2) is 9.97 Å². The van der Waals surface area contributed by atoms with Crippen molar-refractivity contribution in [3.8, 4) is 11.5 Å². The quantitative estimate of drug-likeness (QED) is 0.791. The summed E-state index contributed by atoms with van der Waals surface area (Å²) >= 11 is 0. The Morgan fingerprint density at radius 1 is 1.20 bits per heavy atom. The van der Waals surface area contributed by atoms with E-state index in [0.29, 0.717) is 28.6 Å². The number of H-pyrrole nitrogens is 1. The normalized spacial score (nSPS) is 11.2. The third kappa shape index (κ3) is 2.30. The minimum atomic E-state index is -0.543. The van der Waals surface area contributed by atoms with Gasteiger partial charge in [0.05, 0.1) is 0 Å². The van der Waals surface area contributed by atoms with Crippen LogP contribution in [0.15, 0.2) is 45.7 Å². The molecule has 5 heteroatoms. The lowest BCUT2D eigenvalue weighted by molar-refractivity contribution is 0.465. The number of nitrogens with zero attached hydrogens (tertiary/aromatic N) is 1. The van der Waals surface area contributed by atoms with Crippen molar-refractivity contribution in [1.29, 1.82) is 0 Å². The van der Waals surface area contributed by atoms with E-state index in [2.05, 4.69) is 23.8 Å². The number of benzene rings is 1. The fourth-order valence-electron chi connectivity index (χ4n) is 1.96. The number of pyridine rings is 1. The van der Waals surface area contributed by atoms with Crippen molar-refractivity contribution in [2.75, 3.05) is 0 Å².